The van der Waals surface area contributed by atoms with Crippen LogP contribution in [0.25, 0.3) is 0 Å². The standard InChI is InChI=1S/C15H20ClN3O/c1-11-9-18(14-2-3-14)4-5-19(10-11)15(20)12-6-13(16)8-17-7-12/h6-8,11,14H,2-5,9-10H2,1H3. The van der Waals surface area contributed by atoms with Crippen molar-refractivity contribution in [3.8, 4) is 0 Å². The molecule has 0 spiro atoms. The number of aromatic nitrogens is 1. The molecule has 1 atom stereocenters. The molecule has 1 aliphatic heterocycles. The maximum atomic E-state index is 12.6. The van der Waals surface area contributed by atoms with Crippen molar-refractivity contribution in [2.24, 2.45) is 5.92 Å². The Labute approximate surface area is 124 Å². The topological polar surface area (TPSA) is 36.4 Å². The molecule has 3 rings (SSSR count). The van der Waals surface area contributed by atoms with Crippen LogP contribution >= 0.6 is 11.6 Å². The van der Waals surface area contributed by atoms with E-state index in [-0.39, 0.29) is 5.91 Å². The highest BCUT2D eigenvalue weighted by Crippen LogP contribution is 2.28. The van der Waals surface area contributed by atoms with Crippen molar-refractivity contribution in [1.82, 2.24) is 14.8 Å². The first-order valence-electron chi connectivity index (χ1n) is 7.27. The van der Waals surface area contributed by atoms with Crippen molar-refractivity contribution in [2.45, 2.75) is 25.8 Å². The summed E-state index contributed by atoms with van der Waals surface area (Å²) in [6.07, 6.45) is 5.79. The average Bonchev–Trinajstić information content (AvgIpc) is 3.24. The molecule has 1 aromatic rings. The predicted molar refractivity (Wildman–Crippen MR) is 78.9 cm³/mol. The minimum absolute atomic E-state index is 0.0458. The molecule has 0 bridgehead atoms. The Hall–Kier alpha value is -1.13. The van der Waals surface area contributed by atoms with Crippen molar-refractivity contribution < 1.29 is 4.79 Å². The molecular formula is C15H20ClN3O. The molecule has 1 unspecified atom stereocenters. The van der Waals surface area contributed by atoms with Crippen molar-refractivity contribution in [2.75, 3.05) is 26.2 Å². The van der Waals surface area contributed by atoms with Gasteiger partial charge >= 0.3 is 0 Å². The molecule has 1 aliphatic carbocycles. The first-order valence-corrected chi connectivity index (χ1v) is 7.65. The maximum absolute atomic E-state index is 12.6. The summed E-state index contributed by atoms with van der Waals surface area (Å²) >= 11 is 5.92. The third-order valence-electron chi connectivity index (χ3n) is 4.04. The van der Waals surface area contributed by atoms with E-state index in [4.69, 9.17) is 11.6 Å². The molecule has 2 heterocycles. The van der Waals surface area contributed by atoms with E-state index in [1.54, 1.807) is 18.5 Å². The summed E-state index contributed by atoms with van der Waals surface area (Å²) in [5, 5.41) is 0.512. The average molecular weight is 294 g/mol. The summed E-state index contributed by atoms with van der Waals surface area (Å²) in [7, 11) is 0. The van der Waals surface area contributed by atoms with Gasteiger partial charge in [0.1, 0.15) is 0 Å². The van der Waals surface area contributed by atoms with E-state index in [9.17, 15) is 4.79 Å². The molecule has 1 saturated heterocycles. The van der Waals surface area contributed by atoms with Crippen LogP contribution in [-0.2, 0) is 0 Å². The Balaban J connectivity index is 1.71. The minimum Gasteiger partial charge on any atom is -0.337 e. The van der Waals surface area contributed by atoms with E-state index >= 15 is 0 Å². The molecule has 20 heavy (non-hydrogen) atoms. The van der Waals surface area contributed by atoms with Crippen LogP contribution in [0.5, 0.6) is 0 Å². The number of carbonyl (C=O) groups is 1. The van der Waals surface area contributed by atoms with Gasteiger partial charge in [0.25, 0.3) is 5.91 Å². The molecule has 2 aliphatic rings. The highest BCUT2D eigenvalue weighted by Gasteiger charge is 2.33. The number of hydrogen-bond acceptors (Lipinski definition) is 3. The summed E-state index contributed by atoms with van der Waals surface area (Å²) < 4.78 is 0. The van der Waals surface area contributed by atoms with Crippen LogP contribution in [0.3, 0.4) is 0 Å². The molecule has 1 saturated carbocycles. The van der Waals surface area contributed by atoms with E-state index < -0.39 is 0 Å². The van der Waals surface area contributed by atoms with Crippen LogP contribution in [0.2, 0.25) is 5.02 Å². The van der Waals surface area contributed by atoms with Crippen LogP contribution in [0.1, 0.15) is 30.1 Å². The number of halogens is 1. The lowest BCUT2D eigenvalue weighted by molar-refractivity contribution is 0.0748. The zero-order valence-electron chi connectivity index (χ0n) is 11.8. The van der Waals surface area contributed by atoms with Gasteiger partial charge in [-0.1, -0.05) is 18.5 Å². The SMILES string of the molecule is CC1CN(C(=O)c2cncc(Cl)c2)CCN(C2CC2)C1. The Morgan fingerprint density at radius 2 is 2.10 bits per heavy atom. The van der Waals surface area contributed by atoms with Gasteiger partial charge in [0.05, 0.1) is 10.6 Å². The first kappa shape index (κ1) is 13.8. The van der Waals surface area contributed by atoms with E-state index in [1.165, 1.54) is 12.8 Å². The van der Waals surface area contributed by atoms with Gasteiger partial charge in [-0.2, -0.15) is 0 Å². The van der Waals surface area contributed by atoms with Gasteiger partial charge in [0.2, 0.25) is 0 Å². The minimum atomic E-state index is 0.0458. The van der Waals surface area contributed by atoms with Crippen LogP contribution in [0, 0.1) is 5.92 Å². The zero-order chi connectivity index (χ0) is 14.1. The van der Waals surface area contributed by atoms with E-state index in [2.05, 4.69) is 16.8 Å². The molecule has 0 aromatic carbocycles. The van der Waals surface area contributed by atoms with E-state index in [1.807, 2.05) is 4.90 Å². The number of pyridine rings is 1. The molecule has 5 heteroatoms. The van der Waals surface area contributed by atoms with Crippen LogP contribution in [0.15, 0.2) is 18.5 Å². The summed E-state index contributed by atoms with van der Waals surface area (Å²) in [5.74, 6) is 0.554. The Kier molecular flexibility index (Phi) is 3.94. The van der Waals surface area contributed by atoms with Crippen LogP contribution in [-0.4, -0.2) is 52.9 Å². The maximum Gasteiger partial charge on any atom is 0.255 e. The van der Waals surface area contributed by atoms with Gasteiger partial charge in [0.15, 0.2) is 0 Å². The molecule has 0 radical (unpaired) electrons. The monoisotopic (exact) mass is 293 g/mol. The molecule has 4 nitrogen and oxygen atoms in total. The van der Waals surface area contributed by atoms with Crippen LogP contribution < -0.4 is 0 Å². The van der Waals surface area contributed by atoms with Crippen molar-refractivity contribution in [3.63, 3.8) is 0 Å². The second-order valence-corrected chi connectivity index (χ2v) is 6.41. The third-order valence-corrected chi connectivity index (χ3v) is 4.24. The van der Waals surface area contributed by atoms with Crippen molar-refractivity contribution in [1.29, 1.82) is 0 Å². The van der Waals surface area contributed by atoms with Gasteiger partial charge in [-0.25, -0.2) is 0 Å². The van der Waals surface area contributed by atoms with E-state index in [0.29, 0.717) is 16.5 Å². The fraction of sp³-hybridized carbons (Fsp3) is 0.600. The molecule has 108 valence electrons. The quantitative estimate of drug-likeness (QED) is 0.839. The molecular weight excluding hydrogens is 274 g/mol. The second-order valence-electron chi connectivity index (χ2n) is 5.97. The van der Waals surface area contributed by atoms with Gasteiger partial charge in [-0.05, 0) is 24.8 Å². The molecule has 2 fully saturated rings. The molecule has 1 amide bonds. The van der Waals surface area contributed by atoms with E-state index in [0.717, 1.165) is 32.2 Å². The Bertz CT molecular complexity index is 504. The predicted octanol–water partition coefficient (Wildman–Crippen LogP) is 2.29. The fourth-order valence-corrected chi connectivity index (χ4v) is 3.11. The number of nitrogens with zero attached hydrogens (tertiary/aromatic N) is 3. The zero-order valence-corrected chi connectivity index (χ0v) is 12.5. The number of carbonyl (C=O) groups excluding carboxylic acids is 1. The fourth-order valence-electron chi connectivity index (χ4n) is 2.93. The highest BCUT2D eigenvalue weighted by molar-refractivity contribution is 6.30. The summed E-state index contributed by atoms with van der Waals surface area (Å²) in [4.78, 5) is 21.0. The number of hydrogen-bond donors (Lipinski definition) is 0. The normalized spacial score (nSPS) is 24.5. The number of rotatable bonds is 2. The van der Waals surface area contributed by atoms with Gasteiger partial charge in [-0.3, -0.25) is 14.7 Å². The van der Waals surface area contributed by atoms with Crippen molar-refractivity contribution in [3.05, 3.63) is 29.0 Å². The van der Waals surface area contributed by atoms with Crippen molar-refractivity contribution >= 4 is 17.5 Å². The van der Waals surface area contributed by atoms with Gasteiger partial charge < -0.3 is 4.90 Å². The molecule has 1 aromatic heterocycles. The lowest BCUT2D eigenvalue weighted by atomic mass is 10.1. The molecule has 0 N–H and O–H groups in total. The lowest BCUT2D eigenvalue weighted by Crippen LogP contribution is -2.36. The highest BCUT2D eigenvalue weighted by atomic mass is 35.5. The summed E-state index contributed by atoms with van der Waals surface area (Å²) in [6.45, 7) is 5.91. The third kappa shape index (κ3) is 3.13. The second kappa shape index (κ2) is 5.70. The lowest BCUT2D eigenvalue weighted by Gasteiger charge is -2.22. The smallest absolute Gasteiger partial charge is 0.255 e. The number of amides is 1. The summed E-state index contributed by atoms with van der Waals surface area (Å²) in [5.41, 5.74) is 0.588. The van der Waals surface area contributed by atoms with Gasteiger partial charge in [0, 0.05) is 44.6 Å². The Morgan fingerprint density at radius 3 is 2.80 bits per heavy atom. The summed E-state index contributed by atoms with van der Waals surface area (Å²) in [6, 6.07) is 2.46. The largest absolute Gasteiger partial charge is 0.337 e. The Morgan fingerprint density at radius 1 is 1.30 bits per heavy atom. The van der Waals surface area contributed by atoms with Gasteiger partial charge in [-0.15, -0.1) is 0 Å². The van der Waals surface area contributed by atoms with Crippen LogP contribution in [0.4, 0.5) is 0 Å². The first-order chi connectivity index (χ1) is 9.63.